The average Bonchev–Trinajstić information content (AvgIpc) is 2.75. The van der Waals surface area contributed by atoms with Crippen LogP contribution in [-0.4, -0.2) is 19.9 Å². The van der Waals surface area contributed by atoms with Gasteiger partial charge in [-0.3, -0.25) is 4.79 Å². The van der Waals surface area contributed by atoms with Gasteiger partial charge in [0.05, 0.1) is 0 Å². The fourth-order valence-electron chi connectivity index (χ4n) is 2.74. The van der Waals surface area contributed by atoms with E-state index in [9.17, 15) is 4.79 Å². The Hall–Kier alpha value is -2.35. The van der Waals surface area contributed by atoms with Crippen LogP contribution in [0.2, 0.25) is 0 Å². The van der Waals surface area contributed by atoms with Gasteiger partial charge in [-0.25, -0.2) is 0 Å². The first-order chi connectivity index (χ1) is 10.0. The quantitative estimate of drug-likeness (QED) is 0.776. The van der Waals surface area contributed by atoms with Crippen LogP contribution in [0.5, 0.6) is 0 Å². The molecule has 2 aromatic rings. The third-order valence-electron chi connectivity index (χ3n) is 3.93. The number of carbonyl (C=O) groups excluding carboxylic acids is 1. The Morgan fingerprint density at radius 3 is 2.43 bits per heavy atom. The van der Waals surface area contributed by atoms with Crippen LogP contribution in [0.25, 0.3) is 6.08 Å². The van der Waals surface area contributed by atoms with Crippen molar-refractivity contribution in [2.24, 2.45) is 0 Å². The molecule has 0 saturated carbocycles. The SMILES string of the molecule is Cc1ccc2c(c1)C/C(=C\c1ccc(N(C)C)cc1)C2=O. The summed E-state index contributed by atoms with van der Waals surface area (Å²) in [5, 5.41) is 0. The van der Waals surface area contributed by atoms with Gasteiger partial charge in [0.25, 0.3) is 0 Å². The predicted molar refractivity (Wildman–Crippen MR) is 88.0 cm³/mol. The Balaban J connectivity index is 1.90. The molecule has 0 atom stereocenters. The number of hydrogen-bond acceptors (Lipinski definition) is 2. The van der Waals surface area contributed by atoms with Crippen molar-refractivity contribution in [1.29, 1.82) is 0 Å². The number of fused-ring (bicyclic) bond motifs is 1. The molecular formula is C19H19NO. The number of aryl methyl sites for hydroxylation is 1. The lowest BCUT2D eigenvalue weighted by atomic mass is 10.1. The van der Waals surface area contributed by atoms with Crippen molar-refractivity contribution in [2.45, 2.75) is 13.3 Å². The second-order valence-electron chi connectivity index (χ2n) is 5.82. The lowest BCUT2D eigenvalue weighted by Gasteiger charge is -2.11. The number of ketones is 1. The van der Waals surface area contributed by atoms with E-state index in [1.54, 1.807) is 0 Å². The van der Waals surface area contributed by atoms with E-state index in [2.05, 4.69) is 42.2 Å². The van der Waals surface area contributed by atoms with E-state index in [1.165, 1.54) is 5.56 Å². The third-order valence-corrected chi connectivity index (χ3v) is 3.93. The van der Waals surface area contributed by atoms with Crippen molar-refractivity contribution in [3.63, 3.8) is 0 Å². The summed E-state index contributed by atoms with van der Waals surface area (Å²) in [5.74, 6) is 0.168. The minimum Gasteiger partial charge on any atom is -0.378 e. The number of carbonyl (C=O) groups is 1. The molecule has 0 bridgehead atoms. The number of rotatable bonds is 2. The van der Waals surface area contributed by atoms with E-state index in [1.807, 2.05) is 32.3 Å². The third kappa shape index (κ3) is 2.62. The molecular weight excluding hydrogens is 258 g/mol. The van der Waals surface area contributed by atoms with E-state index in [0.29, 0.717) is 0 Å². The van der Waals surface area contributed by atoms with Gasteiger partial charge in [-0.2, -0.15) is 0 Å². The van der Waals surface area contributed by atoms with Crippen LogP contribution in [0.1, 0.15) is 27.0 Å². The van der Waals surface area contributed by atoms with E-state index in [4.69, 9.17) is 0 Å². The number of allylic oxidation sites excluding steroid dienone is 1. The van der Waals surface area contributed by atoms with Crippen LogP contribution >= 0.6 is 0 Å². The molecule has 3 rings (SSSR count). The molecule has 0 fully saturated rings. The molecule has 21 heavy (non-hydrogen) atoms. The second-order valence-corrected chi connectivity index (χ2v) is 5.82. The molecule has 0 radical (unpaired) electrons. The van der Waals surface area contributed by atoms with Crippen molar-refractivity contribution in [3.05, 3.63) is 70.3 Å². The summed E-state index contributed by atoms with van der Waals surface area (Å²) < 4.78 is 0. The molecule has 0 unspecified atom stereocenters. The Bertz CT molecular complexity index is 724. The van der Waals surface area contributed by atoms with E-state index < -0.39 is 0 Å². The zero-order chi connectivity index (χ0) is 15.0. The number of Topliss-reactive ketones (excluding diaryl/α,β-unsaturated/α-hetero) is 1. The standard InChI is InChI=1S/C19H19NO/c1-13-4-9-18-15(10-13)12-16(19(18)21)11-14-5-7-17(8-6-14)20(2)3/h4-11H,12H2,1-3H3/b16-11+. The highest BCUT2D eigenvalue weighted by Gasteiger charge is 2.24. The highest BCUT2D eigenvalue weighted by Crippen LogP contribution is 2.28. The number of benzene rings is 2. The smallest absolute Gasteiger partial charge is 0.189 e. The maximum Gasteiger partial charge on any atom is 0.189 e. The maximum absolute atomic E-state index is 12.4. The Kier molecular flexibility index (Phi) is 3.38. The highest BCUT2D eigenvalue weighted by atomic mass is 16.1. The number of nitrogens with zero attached hydrogens (tertiary/aromatic N) is 1. The first-order valence-corrected chi connectivity index (χ1v) is 7.17. The fraction of sp³-hybridized carbons (Fsp3) is 0.211. The molecule has 0 saturated heterocycles. The van der Waals surface area contributed by atoms with Crippen molar-refractivity contribution < 1.29 is 4.79 Å². The van der Waals surface area contributed by atoms with Crippen LogP contribution in [0.4, 0.5) is 5.69 Å². The topological polar surface area (TPSA) is 20.3 Å². The molecule has 106 valence electrons. The number of anilines is 1. The molecule has 1 aliphatic carbocycles. The lowest BCUT2D eigenvalue weighted by molar-refractivity contribution is 0.104. The lowest BCUT2D eigenvalue weighted by Crippen LogP contribution is -2.07. The van der Waals surface area contributed by atoms with Gasteiger partial charge in [0, 0.05) is 37.3 Å². The Morgan fingerprint density at radius 1 is 1.05 bits per heavy atom. The van der Waals surface area contributed by atoms with Gasteiger partial charge in [0.2, 0.25) is 0 Å². The van der Waals surface area contributed by atoms with Gasteiger partial charge in [-0.1, -0.05) is 35.9 Å². The fourth-order valence-corrected chi connectivity index (χ4v) is 2.74. The molecule has 0 amide bonds. The largest absolute Gasteiger partial charge is 0.378 e. The van der Waals surface area contributed by atoms with Crippen molar-refractivity contribution in [1.82, 2.24) is 0 Å². The van der Waals surface area contributed by atoms with Crippen LogP contribution < -0.4 is 4.90 Å². The minimum absolute atomic E-state index is 0.168. The second kappa shape index (κ2) is 5.21. The predicted octanol–water partition coefficient (Wildman–Crippen LogP) is 3.88. The molecule has 2 nitrogen and oxygen atoms in total. The summed E-state index contributed by atoms with van der Waals surface area (Å²) in [6, 6.07) is 14.3. The van der Waals surface area contributed by atoms with E-state index in [-0.39, 0.29) is 5.78 Å². The highest BCUT2D eigenvalue weighted by molar-refractivity contribution is 6.15. The minimum atomic E-state index is 0.168. The molecule has 2 heteroatoms. The molecule has 0 aliphatic heterocycles. The van der Waals surface area contributed by atoms with Gasteiger partial charge < -0.3 is 4.90 Å². The summed E-state index contributed by atoms with van der Waals surface area (Å²) in [5.41, 5.74) is 6.33. The van der Waals surface area contributed by atoms with Crippen molar-refractivity contribution >= 4 is 17.5 Å². The van der Waals surface area contributed by atoms with Gasteiger partial charge in [-0.15, -0.1) is 0 Å². The first kappa shape index (κ1) is 13.6. The summed E-state index contributed by atoms with van der Waals surface area (Å²) in [6.45, 7) is 2.06. The van der Waals surface area contributed by atoms with E-state index in [0.717, 1.165) is 34.4 Å². The Labute approximate surface area is 125 Å². The van der Waals surface area contributed by atoms with Crippen LogP contribution in [-0.2, 0) is 6.42 Å². The van der Waals surface area contributed by atoms with Gasteiger partial charge in [0.15, 0.2) is 5.78 Å². The van der Waals surface area contributed by atoms with Gasteiger partial charge >= 0.3 is 0 Å². The van der Waals surface area contributed by atoms with Crippen LogP contribution in [0, 0.1) is 6.92 Å². The van der Waals surface area contributed by atoms with Gasteiger partial charge in [-0.05, 0) is 36.3 Å². The molecule has 1 aliphatic rings. The molecule has 2 aromatic carbocycles. The average molecular weight is 277 g/mol. The zero-order valence-electron chi connectivity index (χ0n) is 12.7. The summed E-state index contributed by atoms with van der Waals surface area (Å²) in [6.07, 6.45) is 2.75. The van der Waals surface area contributed by atoms with Crippen molar-refractivity contribution in [2.75, 3.05) is 19.0 Å². The molecule has 0 heterocycles. The monoisotopic (exact) mass is 277 g/mol. The number of hydrogen-bond donors (Lipinski definition) is 0. The maximum atomic E-state index is 12.4. The van der Waals surface area contributed by atoms with Crippen LogP contribution in [0.3, 0.4) is 0 Å². The van der Waals surface area contributed by atoms with Gasteiger partial charge in [0.1, 0.15) is 0 Å². The zero-order valence-corrected chi connectivity index (χ0v) is 12.7. The normalized spacial score (nSPS) is 15.4. The first-order valence-electron chi connectivity index (χ1n) is 7.17. The summed E-state index contributed by atoms with van der Waals surface area (Å²) >= 11 is 0. The Morgan fingerprint density at radius 2 is 1.76 bits per heavy atom. The van der Waals surface area contributed by atoms with Crippen LogP contribution in [0.15, 0.2) is 48.0 Å². The molecule has 0 spiro atoms. The van der Waals surface area contributed by atoms with E-state index >= 15 is 0 Å². The summed E-state index contributed by atoms with van der Waals surface area (Å²) in [7, 11) is 4.04. The molecule has 0 aromatic heterocycles. The van der Waals surface area contributed by atoms with Crippen molar-refractivity contribution in [3.8, 4) is 0 Å². The molecule has 0 N–H and O–H groups in total. The summed E-state index contributed by atoms with van der Waals surface area (Å²) in [4.78, 5) is 14.5.